The molecule has 1 aromatic rings. The molecule has 0 radical (unpaired) electrons. The molecule has 0 amide bonds. The quantitative estimate of drug-likeness (QED) is 0.822. The van der Waals surface area contributed by atoms with Gasteiger partial charge >= 0.3 is 0 Å². The van der Waals surface area contributed by atoms with Crippen LogP contribution in [0.15, 0.2) is 30.3 Å². The van der Waals surface area contributed by atoms with Crippen molar-refractivity contribution >= 4 is 0 Å². The summed E-state index contributed by atoms with van der Waals surface area (Å²) < 4.78 is 5.60. The smallest absolute Gasteiger partial charge is 0.0900 e. The highest BCUT2D eigenvalue weighted by Crippen LogP contribution is 2.16. The van der Waals surface area contributed by atoms with Gasteiger partial charge in [-0.15, -0.1) is 0 Å². The minimum absolute atomic E-state index is 0.0959. The van der Waals surface area contributed by atoms with E-state index < -0.39 is 6.10 Å². The second-order valence-corrected chi connectivity index (χ2v) is 6.09. The fourth-order valence-corrected chi connectivity index (χ4v) is 2.56. The Kier molecular flexibility index (Phi) is 5.54. The van der Waals surface area contributed by atoms with Crippen LogP contribution in [0.5, 0.6) is 0 Å². The highest BCUT2D eigenvalue weighted by Gasteiger charge is 2.30. The van der Waals surface area contributed by atoms with Gasteiger partial charge in [-0.2, -0.15) is 0 Å². The van der Waals surface area contributed by atoms with Gasteiger partial charge in [-0.1, -0.05) is 30.3 Å². The third-order valence-electron chi connectivity index (χ3n) is 3.83. The van der Waals surface area contributed by atoms with E-state index >= 15 is 0 Å². The van der Waals surface area contributed by atoms with Gasteiger partial charge < -0.3 is 15.2 Å². The van der Waals surface area contributed by atoms with Crippen LogP contribution in [-0.4, -0.2) is 54.4 Å². The van der Waals surface area contributed by atoms with Gasteiger partial charge in [0, 0.05) is 31.7 Å². The van der Waals surface area contributed by atoms with Crippen LogP contribution in [-0.2, 0) is 11.3 Å². The molecule has 4 nitrogen and oxygen atoms in total. The molecule has 1 heterocycles. The Morgan fingerprint density at radius 2 is 2.10 bits per heavy atom. The van der Waals surface area contributed by atoms with Crippen molar-refractivity contribution in [3.8, 4) is 0 Å². The maximum absolute atomic E-state index is 10.1. The molecule has 1 fully saturated rings. The number of piperazine rings is 1. The second kappa shape index (κ2) is 7.18. The first kappa shape index (κ1) is 15.4. The number of ether oxygens (including phenoxy) is 1. The third-order valence-corrected chi connectivity index (χ3v) is 3.83. The third kappa shape index (κ3) is 4.56. The van der Waals surface area contributed by atoms with Crippen LogP contribution >= 0.6 is 0 Å². The summed E-state index contributed by atoms with van der Waals surface area (Å²) in [5.74, 6) is 0. The first-order valence-corrected chi connectivity index (χ1v) is 7.33. The fraction of sp³-hybridized carbons (Fsp3) is 0.625. The van der Waals surface area contributed by atoms with E-state index in [0.717, 1.165) is 25.2 Å². The van der Waals surface area contributed by atoms with Crippen LogP contribution in [0.2, 0.25) is 0 Å². The molecule has 1 aromatic carbocycles. The van der Waals surface area contributed by atoms with Crippen molar-refractivity contribution in [1.29, 1.82) is 0 Å². The van der Waals surface area contributed by atoms with Crippen LogP contribution in [0.1, 0.15) is 19.4 Å². The molecule has 0 saturated carbocycles. The van der Waals surface area contributed by atoms with Crippen molar-refractivity contribution in [2.75, 3.05) is 32.8 Å². The lowest BCUT2D eigenvalue weighted by molar-refractivity contribution is -0.0162. The van der Waals surface area contributed by atoms with E-state index in [-0.39, 0.29) is 5.54 Å². The Morgan fingerprint density at radius 3 is 2.80 bits per heavy atom. The van der Waals surface area contributed by atoms with Crippen LogP contribution in [0.4, 0.5) is 0 Å². The van der Waals surface area contributed by atoms with Gasteiger partial charge in [-0.05, 0) is 19.4 Å². The Hall–Kier alpha value is -0.940. The normalized spacial score (nSPS) is 20.8. The average Bonchev–Trinajstić information content (AvgIpc) is 2.42. The standard InChI is InChI=1S/C16H26N2O2/c1-16(2)13-17-8-9-18(16)10-15(19)12-20-11-14-6-4-3-5-7-14/h3-7,15,17,19H,8-13H2,1-2H3. The molecule has 1 atom stereocenters. The van der Waals surface area contributed by atoms with E-state index in [1.54, 1.807) is 0 Å². The molecule has 2 rings (SSSR count). The maximum atomic E-state index is 10.1. The number of nitrogens with zero attached hydrogens (tertiary/aromatic N) is 1. The summed E-state index contributed by atoms with van der Waals surface area (Å²) in [5.41, 5.74) is 1.24. The lowest BCUT2D eigenvalue weighted by Gasteiger charge is -2.43. The molecule has 2 N–H and O–H groups in total. The number of aliphatic hydroxyl groups is 1. The summed E-state index contributed by atoms with van der Waals surface area (Å²) >= 11 is 0. The molecular weight excluding hydrogens is 252 g/mol. The van der Waals surface area contributed by atoms with Gasteiger partial charge in [-0.25, -0.2) is 0 Å². The van der Waals surface area contributed by atoms with E-state index in [2.05, 4.69) is 24.1 Å². The van der Waals surface area contributed by atoms with Gasteiger partial charge in [0.1, 0.15) is 0 Å². The number of benzene rings is 1. The number of aliphatic hydroxyl groups excluding tert-OH is 1. The highest BCUT2D eigenvalue weighted by molar-refractivity contribution is 5.13. The largest absolute Gasteiger partial charge is 0.389 e. The van der Waals surface area contributed by atoms with Gasteiger partial charge in [0.2, 0.25) is 0 Å². The van der Waals surface area contributed by atoms with Gasteiger partial charge in [0.15, 0.2) is 0 Å². The average molecular weight is 278 g/mol. The SMILES string of the molecule is CC1(C)CNCCN1CC(O)COCc1ccccc1. The van der Waals surface area contributed by atoms with Gasteiger partial charge in [0.05, 0.1) is 19.3 Å². The molecule has 20 heavy (non-hydrogen) atoms. The van der Waals surface area contributed by atoms with Gasteiger partial charge in [-0.3, -0.25) is 4.90 Å². The topological polar surface area (TPSA) is 44.7 Å². The minimum Gasteiger partial charge on any atom is -0.389 e. The molecule has 1 aliphatic heterocycles. The monoisotopic (exact) mass is 278 g/mol. The van der Waals surface area contributed by atoms with Crippen molar-refractivity contribution < 1.29 is 9.84 Å². The zero-order chi connectivity index (χ0) is 14.4. The van der Waals surface area contributed by atoms with E-state index in [0.29, 0.717) is 19.8 Å². The molecule has 0 bridgehead atoms. The Labute approximate surface area is 121 Å². The molecule has 4 heteroatoms. The number of β-amino-alcohol motifs (C(OH)–C–C–N with tert-alkyl or cyclic N) is 1. The number of hydrogen-bond acceptors (Lipinski definition) is 4. The molecule has 1 aliphatic rings. The predicted octanol–water partition coefficient (Wildman–Crippen LogP) is 1.25. The van der Waals surface area contributed by atoms with Crippen LogP contribution in [0, 0.1) is 0 Å². The van der Waals surface area contributed by atoms with E-state index in [9.17, 15) is 5.11 Å². The first-order chi connectivity index (χ1) is 9.58. The number of hydrogen-bond donors (Lipinski definition) is 2. The minimum atomic E-state index is -0.434. The summed E-state index contributed by atoms with van der Waals surface area (Å²) in [5, 5.41) is 13.5. The number of rotatable bonds is 6. The van der Waals surface area contributed by atoms with E-state index in [1.165, 1.54) is 0 Å². The van der Waals surface area contributed by atoms with Gasteiger partial charge in [0.25, 0.3) is 0 Å². The Bertz CT molecular complexity index is 395. The zero-order valence-electron chi connectivity index (χ0n) is 12.5. The lowest BCUT2D eigenvalue weighted by atomic mass is 10.00. The van der Waals surface area contributed by atoms with Crippen LogP contribution < -0.4 is 5.32 Å². The van der Waals surface area contributed by atoms with E-state index in [1.807, 2.05) is 30.3 Å². The maximum Gasteiger partial charge on any atom is 0.0900 e. The molecular formula is C16H26N2O2. The molecule has 0 aromatic heterocycles. The van der Waals surface area contributed by atoms with Crippen LogP contribution in [0.25, 0.3) is 0 Å². The van der Waals surface area contributed by atoms with Crippen molar-refractivity contribution in [3.63, 3.8) is 0 Å². The summed E-state index contributed by atoms with van der Waals surface area (Å²) in [6.45, 7) is 8.95. The summed E-state index contributed by atoms with van der Waals surface area (Å²) in [6, 6.07) is 10.1. The predicted molar refractivity (Wildman–Crippen MR) is 80.6 cm³/mol. The molecule has 0 aliphatic carbocycles. The lowest BCUT2D eigenvalue weighted by Crippen LogP contribution is -2.59. The Balaban J connectivity index is 1.71. The van der Waals surface area contributed by atoms with Crippen molar-refractivity contribution in [2.45, 2.75) is 32.1 Å². The first-order valence-electron chi connectivity index (χ1n) is 7.33. The van der Waals surface area contributed by atoms with Crippen molar-refractivity contribution in [2.24, 2.45) is 0 Å². The number of nitrogens with one attached hydrogen (secondary N) is 1. The summed E-state index contributed by atoms with van der Waals surface area (Å²) in [6.07, 6.45) is -0.434. The molecule has 1 saturated heterocycles. The zero-order valence-corrected chi connectivity index (χ0v) is 12.5. The Morgan fingerprint density at radius 1 is 1.35 bits per heavy atom. The van der Waals surface area contributed by atoms with Crippen molar-refractivity contribution in [1.82, 2.24) is 10.2 Å². The summed E-state index contributed by atoms with van der Waals surface area (Å²) in [4.78, 5) is 2.33. The van der Waals surface area contributed by atoms with Crippen LogP contribution in [0.3, 0.4) is 0 Å². The fourth-order valence-electron chi connectivity index (χ4n) is 2.56. The second-order valence-electron chi connectivity index (χ2n) is 6.09. The summed E-state index contributed by atoms with van der Waals surface area (Å²) in [7, 11) is 0. The molecule has 112 valence electrons. The highest BCUT2D eigenvalue weighted by atomic mass is 16.5. The molecule has 0 spiro atoms. The molecule has 1 unspecified atom stereocenters. The van der Waals surface area contributed by atoms with Crippen molar-refractivity contribution in [3.05, 3.63) is 35.9 Å². The van der Waals surface area contributed by atoms with E-state index in [4.69, 9.17) is 4.74 Å².